The highest BCUT2D eigenvalue weighted by atomic mass is 16.5. The van der Waals surface area contributed by atoms with E-state index in [0.29, 0.717) is 18.0 Å². The Balaban J connectivity index is 2.21. The lowest BCUT2D eigenvalue weighted by atomic mass is 9.95. The van der Waals surface area contributed by atoms with Crippen LogP contribution in [0.15, 0.2) is 18.2 Å². The Morgan fingerprint density at radius 3 is 2.80 bits per heavy atom. The molecule has 20 heavy (non-hydrogen) atoms. The van der Waals surface area contributed by atoms with Gasteiger partial charge in [-0.3, -0.25) is 0 Å². The Bertz CT molecular complexity index is 447. The van der Waals surface area contributed by atoms with Gasteiger partial charge in [0.15, 0.2) is 0 Å². The molecule has 1 aromatic rings. The van der Waals surface area contributed by atoms with Crippen LogP contribution in [0.25, 0.3) is 0 Å². The van der Waals surface area contributed by atoms with Gasteiger partial charge in [-0.05, 0) is 43.5 Å². The lowest BCUT2D eigenvalue weighted by molar-refractivity contribution is 0.315. The zero-order chi connectivity index (χ0) is 14.7. The fourth-order valence-electron chi connectivity index (χ4n) is 2.97. The maximum atomic E-state index is 5.31. The molecule has 3 nitrogen and oxygen atoms in total. The molecule has 1 fully saturated rings. The molecule has 112 valence electrons. The summed E-state index contributed by atoms with van der Waals surface area (Å²) in [6.07, 6.45) is 1.22. The van der Waals surface area contributed by atoms with E-state index in [-0.39, 0.29) is 0 Å². The van der Waals surface area contributed by atoms with E-state index in [0.717, 1.165) is 18.8 Å². The normalized spacial score (nSPS) is 24.6. The summed E-state index contributed by atoms with van der Waals surface area (Å²) in [7, 11) is 1.72. The summed E-state index contributed by atoms with van der Waals surface area (Å²) in [5, 5.41) is 3.69. The van der Waals surface area contributed by atoms with Gasteiger partial charge in [0.2, 0.25) is 0 Å². The summed E-state index contributed by atoms with van der Waals surface area (Å²) in [5.41, 5.74) is 2.63. The first kappa shape index (κ1) is 15.2. The first-order valence-corrected chi connectivity index (χ1v) is 7.71. The van der Waals surface area contributed by atoms with E-state index in [2.05, 4.69) is 56.1 Å². The van der Waals surface area contributed by atoms with Crippen LogP contribution in [0.2, 0.25) is 0 Å². The van der Waals surface area contributed by atoms with E-state index in [1.54, 1.807) is 7.11 Å². The van der Waals surface area contributed by atoms with Crippen LogP contribution in [-0.2, 0) is 0 Å². The van der Waals surface area contributed by atoms with Gasteiger partial charge >= 0.3 is 0 Å². The number of rotatable bonds is 4. The summed E-state index contributed by atoms with van der Waals surface area (Å²) in [5.74, 6) is 1.65. The summed E-state index contributed by atoms with van der Waals surface area (Å²) in [4.78, 5) is 2.54. The van der Waals surface area contributed by atoms with E-state index < -0.39 is 0 Å². The second-order valence-corrected chi connectivity index (χ2v) is 6.05. The number of hydrogen-bond donors (Lipinski definition) is 1. The van der Waals surface area contributed by atoms with Gasteiger partial charge in [-0.2, -0.15) is 0 Å². The number of piperazine rings is 1. The number of aryl methyl sites for hydroxylation is 1. The maximum Gasteiger partial charge on any atom is 0.119 e. The minimum atomic E-state index is 0.530. The molecule has 3 unspecified atom stereocenters. The Morgan fingerprint density at radius 1 is 1.45 bits per heavy atom. The van der Waals surface area contributed by atoms with Crippen molar-refractivity contribution in [3.05, 3.63) is 23.8 Å². The molecule has 0 bridgehead atoms. The van der Waals surface area contributed by atoms with Crippen molar-refractivity contribution in [2.45, 2.75) is 46.2 Å². The molecule has 0 spiro atoms. The first-order chi connectivity index (χ1) is 9.56. The van der Waals surface area contributed by atoms with Crippen LogP contribution in [0, 0.1) is 12.8 Å². The average Bonchev–Trinajstić information content (AvgIpc) is 2.47. The van der Waals surface area contributed by atoms with Crippen LogP contribution >= 0.6 is 0 Å². The minimum absolute atomic E-state index is 0.530. The number of hydrogen-bond acceptors (Lipinski definition) is 3. The Labute approximate surface area is 123 Å². The standard InChI is InChI=1S/C17H28N2O/c1-6-12(2)16-11-19(14(4)10-18-16)17-8-7-15(20-5)9-13(17)3/h7-9,12,14,16,18H,6,10-11H2,1-5H3. The molecule has 1 aliphatic heterocycles. The van der Waals surface area contributed by atoms with Gasteiger partial charge in [0.25, 0.3) is 0 Å². The molecule has 3 heteroatoms. The quantitative estimate of drug-likeness (QED) is 0.914. The molecule has 1 N–H and O–H groups in total. The molecule has 0 aromatic heterocycles. The number of methoxy groups -OCH3 is 1. The van der Waals surface area contributed by atoms with Crippen LogP contribution in [0.3, 0.4) is 0 Å². The number of nitrogens with zero attached hydrogens (tertiary/aromatic N) is 1. The number of anilines is 1. The molecular weight excluding hydrogens is 248 g/mol. The molecular formula is C17H28N2O. The number of nitrogens with one attached hydrogen (secondary N) is 1. The average molecular weight is 276 g/mol. The molecule has 1 saturated heterocycles. The molecule has 1 heterocycles. The van der Waals surface area contributed by atoms with Crippen molar-refractivity contribution >= 4 is 5.69 Å². The third-order valence-corrected chi connectivity index (χ3v) is 4.65. The lowest BCUT2D eigenvalue weighted by Gasteiger charge is -2.43. The van der Waals surface area contributed by atoms with Crippen molar-refractivity contribution in [2.24, 2.45) is 5.92 Å². The van der Waals surface area contributed by atoms with E-state index in [9.17, 15) is 0 Å². The second kappa shape index (κ2) is 6.49. The summed E-state index contributed by atoms with van der Waals surface area (Å²) in [6.45, 7) is 11.2. The van der Waals surface area contributed by atoms with Crippen molar-refractivity contribution < 1.29 is 4.74 Å². The lowest BCUT2D eigenvalue weighted by Crippen LogP contribution is -2.57. The molecule has 0 amide bonds. The summed E-state index contributed by atoms with van der Waals surface area (Å²) >= 11 is 0. The largest absolute Gasteiger partial charge is 0.497 e. The molecule has 1 aromatic carbocycles. The fourth-order valence-corrected chi connectivity index (χ4v) is 2.97. The van der Waals surface area contributed by atoms with Gasteiger partial charge in [0.1, 0.15) is 5.75 Å². The van der Waals surface area contributed by atoms with E-state index in [1.165, 1.54) is 17.7 Å². The maximum absolute atomic E-state index is 5.31. The molecule has 0 radical (unpaired) electrons. The van der Waals surface area contributed by atoms with E-state index in [4.69, 9.17) is 4.74 Å². The third-order valence-electron chi connectivity index (χ3n) is 4.65. The summed E-state index contributed by atoms with van der Waals surface area (Å²) in [6, 6.07) is 7.50. The van der Waals surface area contributed by atoms with Gasteiger partial charge in [0, 0.05) is 30.9 Å². The SMILES string of the molecule is CCC(C)C1CN(c2ccc(OC)cc2C)C(C)CN1. The van der Waals surface area contributed by atoms with Gasteiger partial charge < -0.3 is 15.0 Å². The van der Waals surface area contributed by atoms with Gasteiger partial charge in [-0.15, -0.1) is 0 Å². The predicted octanol–water partition coefficient (Wildman–Crippen LogP) is 3.22. The molecule has 0 aliphatic carbocycles. The first-order valence-electron chi connectivity index (χ1n) is 7.71. The third kappa shape index (κ3) is 3.09. The molecule has 0 saturated carbocycles. The van der Waals surface area contributed by atoms with Crippen LogP contribution in [0.5, 0.6) is 5.75 Å². The van der Waals surface area contributed by atoms with Gasteiger partial charge in [-0.25, -0.2) is 0 Å². The van der Waals surface area contributed by atoms with Crippen LogP contribution < -0.4 is 15.0 Å². The number of benzene rings is 1. The Morgan fingerprint density at radius 2 is 2.20 bits per heavy atom. The van der Waals surface area contributed by atoms with Crippen LogP contribution in [0.4, 0.5) is 5.69 Å². The minimum Gasteiger partial charge on any atom is -0.497 e. The van der Waals surface area contributed by atoms with Crippen molar-refractivity contribution in [1.82, 2.24) is 5.32 Å². The van der Waals surface area contributed by atoms with Crippen LogP contribution in [0.1, 0.15) is 32.8 Å². The second-order valence-electron chi connectivity index (χ2n) is 6.05. The molecule has 2 rings (SSSR count). The topological polar surface area (TPSA) is 24.5 Å². The molecule has 1 aliphatic rings. The monoisotopic (exact) mass is 276 g/mol. The Hall–Kier alpha value is -1.22. The van der Waals surface area contributed by atoms with Crippen molar-refractivity contribution in [3.63, 3.8) is 0 Å². The van der Waals surface area contributed by atoms with Crippen LogP contribution in [-0.4, -0.2) is 32.3 Å². The van der Waals surface area contributed by atoms with Crippen molar-refractivity contribution in [3.8, 4) is 5.75 Å². The van der Waals surface area contributed by atoms with E-state index >= 15 is 0 Å². The van der Waals surface area contributed by atoms with Crippen molar-refractivity contribution in [1.29, 1.82) is 0 Å². The van der Waals surface area contributed by atoms with E-state index in [1.807, 2.05) is 0 Å². The highest BCUT2D eigenvalue weighted by molar-refractivity contribution is 5.57. The highest BCUT2D eigenvalue weighted by Gasteiger charge is 2.28. The zero-order valence-corrected chi connectivity index (χ0v) is 13.4. The summed E-state index contributed by atoms with van der Waals surface area (Å²) < 4.78 is 5.31. The van der Waals surface area contributed by atoms with Crippen molar-refractivity contribution in [2.75, 3.05) is 25.1 Å². The molecule has 3 atom stereocenters. The zero-order valence-electron chi connectivity index (χ0n) is 13.4. The predicted molar refractivity (Wildman–Crippen MR) is 85.8 cm³/mol. The number of ether oxygens (including phenoxy) is 1. The smallest absolute Gasteiger partial charge is 0.119 e. The Kier molecular flexibility index (Phi) is 4.92. The highest BCUT2D eigenvalue weighted by Crippen LogP contribution is 2.28. The van der Waals surface area contributed by atoms with Gasteiger partial charge in [0.05, 0.1) is 7.11 Å². The van der Waals surface area contributed by atoms with Gasteiger partial charge in [-0.1, -0.05) is 20.3 Å². The fraction of sp³-hybridized carbons (Fsp3) is 0.647.